The first-order valence-corrected chi connectivity index (χ1v) is 6.62. The summed E-state index contributed by atoms with van der Waals surface area (Å²) in [4.78, 5) is 12.8. The summed E-state index contributed by atoms with van der Waals surface area (Å²) < 4.78 is 10.7. The number of benzene rings is 1. The normalized spacial score (nSPS) is 16.6. The SMILES string of the molecule is COCCOC1CCN(c2cccc(N=O)c2)CC1. The summed E-state index contributed by atoms with van der Waals surface area (Å²) in [5.41, 5.74) is 1.54. The molecule has 1 aliphatic rings. The van der Waals surface area contributed by atoms with E-state index in [1.807, 2.05) is 18.2 Å². The topological polar surface area (TPSA) is 51.1 Å². The van der Waals surface area contributed by atoms with Gasteiger partial charge in [-0.3, -0.25) is 0 Å². The second-order valence-electron chi connectivity index (χ2n) is 4.66. The van der Waals surface area contributed by atoms with E-state index >= 15 is 0 Å². The molecule has 0 bridgehead atoms. The van der Waals surface area contributed by atoms with E-state index in [-0.39, 0.29) is 0 Å². The van der Waals surface area contributed by atoms with Gasteiger partial charge in [0.2, 0.25) is 0 Å². The summed E-state index contributed by atoms with van der Waals surface area (Å²) in [6, 6.07) is 7.43. The average Bonchev–Trinajstić information content (AvgIpc) is 2.48. The highest BCUT2D eigenvalue weighted by atomic mass is 16.5. The van der Waals surface area contributed by atoms with E-state index in [0.717, 1.165) is 31.6 Å². The molecule has 0 spiro atoms. The summed E-state index contributed by atoms with van der Waals surface area (Å²) >= 11 is 0. The number of hydrogen-bond acceptors (Lipinski definition) is 5. The van der Waals surface area contributed by atoms with Gasteiger partial charge >= 0.3 is 0 Å². The fraction of sp³-hybridized carbons (Fsp3) is 0.571. The van der Waals surface area contributed by atoms with Gasteiger partial charge in [-0.25, -0.2) is 0 Å². The lowest BCUT2D eigenvalue weighted by atomic mass is 10.1. The number of nitroso groups, excluding NO2 is 1. The van der Waals surface area contributed by atoms with Crippen molar-refractivity contribution >= 4 is 11.4 Å². The molecule has 0 saturated carbocycles. The Hall–Kier alpha value is -1.46. The predicted molar refractivity (Wildman–Crippen MR) is 75.0 cm³/mol. The lowest BCUT2D eigenvalue weighted by molar-refractivity contribution is 0.00610. The molecule has 0 unspecified atom stereocenters. The van der Waals surface area contributed by atoms with Crippen LogP contribution in [0.2, 0.25) is 0 Å². The molecular formula is C14H20N2O3. The molecule has 0 amide bonds. The van der Waals surface area contributed by atoms with Crippen LogP contribution in [0.3, 0.4) is 0 Å². The first-order valence-electron chi connectivity index (χ1n) is 6.62. The molecule has 0 atom stereocenters. The zero-order valence-corrected chi connectivity index (χ0v) is 11.2. The second kappa shape index (κ2) is 7.21. The van der Waals surface area contributed by atoms with Crippen LogP contribution in [0.4, 0.5) is 11.4 Å². The van der Waals surface area contributed by atoms with Crippen LogP contribution < -0.4 is 4.90 Å². The zero-order chi connectivity index (χ0) is 13.5. The molecule has 1 aliphatic heterocycles. The van der Waals surface area contributed by atoms with Crippen molar-refractivity contribution in [2.45, 2.75) is 18.9 Å². The number of rotatable bonds is 6. The molecule has 2 rings (SSSR count). The van der Waals surface area contributed by atoms with Gasteiger partial charge in [-0.15, -0.1) is 4.91 Å². The highest BCUT2D eigenvalue weighted by Crippen LogP contribution is 2.25. The van der Waals surface area contributed by atoms with Crippen molar-refractivity contribution < 1.29 is 9.47 Å². The van der Waals surface area contributed by atoms with E-state index in [4.69, 9.17) is 9.47 Å². The van der Waals surface area contributed by atoms with Crippen molar-refractivity contribution in [1.82, 2.24) is 0 Å². The molecular weight excluding hydrogens is 244 g/mol. The maximum atomic E-state index is 10.5. The van der Waals surface area contributed by atoms with Gasteiger partial charge in [-0.2, -0.15) is 0 Å². The maximum Gasteiger partial charge on any atom is 0.110 e. The van der Waals surface area contributed by atoms with Crippen LogP contribution in [0.15, 0.2) is 29.4 Å². The molecule has 0 aliphatic carbocycles. The van der Waals surface area contributed by atoms with Crippen molar-refractivity contribution in [2.75, 3.05) is 38.3 Å². The molecule has 1 fully saturated rings. The molecule has 1 saturated heterocycles. The van der Waals surface area contributed by atoms with Crippen molar-refractivity contribution in [3.05, 3.63) is 29.2 Å². The van der Waals surface area contributed by atoms with Crippen molar-refractivity contribution in [2.24, 2.45) is 5.18 Å². The third-order valence-corrected chi connectivity index (χ3v) is 3.38. The Labute approximate surface area is 113 Å². The molecule has 1 aromatic carbocycles. The number of anilines is 1. The van der Waals surface area contributed by atoms with Crippen molar-refractivity contribution in [1.29, 1.82) is 0 Å². The van der Waals surface area contributed by atoms with Gasteiger partial charge < -0.3 is 14.4 Å². The predicted octanol–water partition coefficient (Wildman–Crippen LogP) is 2.72. The smallest absolute Gasteiger partial charge is 0.110 e. The fourth-order valence-electron chi connectivity index (χ4n) is 2.33. The fourth-order valence-corrected chi connectivity index (χ4v) is 2.33. The van der Waals surface area contributed by atoms with Crippen LogP contribution in [0.5, 0.6) is 0 Å². The number of hydrogen-bond donors (Lipinski definition) is 0. The molecule has 5 heteroatoms. The Morgan fingerprint density at radius 3 is 2.79 bits per heavy atom. The summed E-state index contributed by atoms with van der Waals surface area (Å²) in [5.74, 6) is 0. The number of nitrogens with zero attached hydrogens (tertiary/aromatic N) is 2. The number of ether oxygens (including phenoxy) is 2. The Balaban J connectivity index is 1.83. The van der Waals surface area contributed by atoms with Gasteiger partial charge in [-0.05, 0) is 36.2 Å². The van der Waals surface area contributed by atoms with E-state index in [1.165, 1.54) is 0 Å². The van der Waals surface area contributed by atoms with E-state index in [9.17, 15) is 4.91 Å². The van der Waals surface area contributed by atoms with E-state index in [2.05, 4.69) is 10.1 Å². The van der Waals surface area contributed by atoms with Crippen LogP contribution in [0.1, 0.15) is 12.8 Å². The molecule has 19 heavy (non-hydrogen) atoms. The minimum absolute atomic E-state index is 0.318. The first-order chi connectivity index (χ1) is 9.33. The molecule has 0 radical (unpaired) electrons. The number of piperidine rings is 1. The third-order valence-electron chi connectivity index (χ3n) is 3.38. The van der Waals surface area contributed by atoms with Crippen molar-refractivity contribution in [3.63, 3.8) is 0 Å². The molecule has 0 aromatic heterocycles. The summed E-state index contributed by atoms with van der Waals surface area (Å²) in [6.45, 7) is 3.19. The maximum absolute atomic E-state index is 10.5. The molecule has 104 valence electrons. The Morgan fingerprint density at radius 1 is 1.32 bits per heavy atom. The largest absolute Gasteiger partial charge is 0.382 e. The Morgan fingerprint density at radius 2 is 2.11 bits per heavy atom. The highest BCUT2D eigenvalue weighted by Gasteiger charge is 2.19. The average molecular weight is 264 g/mol. The summed E-state index contributed by atoms with van der Waals surface area (Å²) in [5, 5.41) is 2.98. The minimum Gasteiger partial charge on any atom is -0.382 e. The van der Waals surface area contributed by atoms with Crippen LogP contribution in [-0.2, 0) is 9.47 Å². The summed E-state index contributed by atoms with van der Waals surface area (Å²) in [7, 11) is 1.68. The van der Waals surface area contributed by atoms with E-state index < -0.39 is 0 Å². The van der Waals surface area contributed by atoms with Crippen LogP contribution in [-0.4, -0.2) is 39.5 Å². The van der Waals surface area contributed by atoms with Crippen LogP contribution >= 0.6 is 0 Å². The van der Waals surface area contributed by atoms with Crippen LogP contribution in [0.25, 0.3) is 0 Å². The van der Waals surface area contributed by atoms with E-state index in [1.54, 1.807) is 13.2 Å². The quantitative estimate of drug-likeness (QED) is 0.585. The molecule has 1 heterocycles. The summed E-state index contributed by atoms with van der Waals surface area (Å²) in [6.07, 6.45) is 2.32. The third kappa shape index (κ3) is 4.01. The van der Waals surface area contributed by atoms with Gasteiger partial charge in [0.1, 0.15) is 5.69 Å². The highest BCUT2D eigenvalue weighted by molar-refractivity contribution is 5.55. The molecule has 1 aromatic rings. The first kappa shape index (κ1) is 14.0. The second-order valence-corrected chi connectivity index (χ2v) is 4.66. The van der Waals surface area contributed by atoms with Gasteiger partial charge in [0.25, 0.3) is 0 Å². The van der Waals surface area contributed by atoms with Gasteiger partial charge in [-0.1, -0.05) is 6.07 Å². The zero-order valence-electron chi connectivity index (χ0n) is 11.2. The molecule has 0 N–H and O–H groups in total. The number of methoxy groups -OCH3 is 1. The standard InChI is InChI=1S/C14H20N2O3/c1-18-9-10-19-14-5-7-16(8-6-14)13-4-2-3-12(11-13)15-17/h2-4,11,14H,5-10H2,1H3. The van der Waals surface area contributed by atoms with Gasteiger partial charge in [0.15, 0.2) is 0 Å². The minimum atomic E-state index is 0.318. The van der Waals surface area contributed by atoms with E-state index in [0.29, 0.717) is 25.0 Å². The monoisotopic (exact) mass is 264 g/mol. The van der Waals surface area contributed by atoms with Gasteiger partial charge in [0, 0.05) is 25.9 Å². The Bertz CT molecular complexity index is 403. The lowest BCUT2D eigenvalue weighted by Gasteiger charge is -2.33. The van der Waals surface area contributed by atoms with Gasteiger partial charge in [0.05, 0.1) is 19.3 Å². The Kier molecular flexibility index (Phi) is 5.30. The van der Waals surface area contributed by atoms with Crippen molar-refractivity contribution in [3.8, 4) is 0 Å². The molecule has 5 nitrogen and oxygen atoms in total. The lowest BCUT2D eigenvalue weighted by Crippen LogP contribution is -2.37. The van der Waals surface area contributed by atoms with Crippen LogP contribution in [0, 0.1) is 4.91 Å².